The lowest BCUT2D eigenvalue weighted by Crippen LogP contribution is -2.04. The van der Waals surface area contributed by atoms with Gasteiger partial charge >= 0.3 is 6.18 Å². The summed E-state index contributed by atoms with van der Waals surface area (Å²) >= 11 is 1.52. The molecule has 0 radical (unpaired) electrons. The van der Waals surface area contributed by atoms with Gasteiger partial charge in [0.05, 0.1) is 16.8 Å². The molecule has 3 nitrogen and oxygen atoms in total. The fourth-order valence-corrected chi connectivity index (χ4v) is 4.16. The van der Waals surface area contributed by atoms with Gasteiger partial charge in [-0.15, -0.1) is 11.3 Å². The van der Waals surface area contributed by atoms with E-state index in [-0.39, 0.29) is 11.1 Å². The predicted molar refractivity (Wildman–Crippen MR) is 86.7 cm³/mol. The number of alkyl halides is 3. The summed E-state index contributed by atoms with van der Waals surface area (Å²) in [7, 11) is 0. The van der Waals surface area contributed by atoms with E-state index in [0.717, 1.165) is 43.5 Å². The molecule has 1 aliphatic heterocycles. The van der Waals surface area contributed by atoms with Gasteiger partial charge in [0, 0.05) is 16.1 Å². The zero-order valence-electron chi connectivity index (χ0n) is 12.5. The molecule has 0 unspecified atom stereocenters. The van der Waals surface area contributed by atoms with Crippen molar-refractivity contribution in [1.29, 1.82) is 0 Å². The molecule has 0 saturated carbocycles. The molecule has 0 bridgehead atoms. The molecule has 4 rings (SSSR count). The monoisotopic (exact) mass is 350 g/mol. The van der Waals surface area contributed by atoms with E-state index in [2.05, 4.69) is 10.3 Å². The van der Waals surface area contributed by atoms with Crippen LogP contribution in [0.25, 0.3) is 11.6 Å². The zero-order chi connectivity index (χ0) is 16.9. The number of carbonyl (C=O) groups excluding carboxylic acids is 1. The molecule has 1 amide bonds. The number of nitrogens with one attached hydrogen (secondary N) is 1. The number of thiazole rings is 1. The predicted octanol–water partition coefficient (Wildman–Crippen LogP) is 4.53. The first kappa shape index (κ1) is 15.4. The molecule has 1 aromatic heterocycles. The Balaban J connectivity index is 1.77. The van der Waals surface area contributed by atoms with Crippen LogP contribution in [0, 0.1) is 0 Å². The minimum Gasteiger partial charge on any atom is -0.321 e. The Kier molecular flexibility index (Phi) is 3.49. The fraction of sp³-hybridized carbons (Fsp3) is 0.294. The van der Waals surface area contributed by atoms with Gasteiger partial charge in [-0.2, -0.15) is 13.2 Å². The van der Waals surface area contributed by atoms with Crippen molar-refractivity contribution in [2.24, 2.45) is 0 Å². The highest BCUT2D eigenvalue weighted by Gasteiger charge is 2.34. The number of nitrogens with zero attached hydrogens (tertiary/aromatic N) is 1. The number of benzene rings is 1. The van der Waals surface area contributed by atoms with E-state index in [0.29, 0.717) is 10.7 Å². The lowest BCUT2D eigenvalue weighted by Gasteiger charge is -2.08. The minimum atomic E-state index is -4.44. The van der Waals surface area contributed by atoms with Crippen LogP contribution in [0.4, 0.5) is 18.9 Å². The van der Waals surface area contributed by atoms with Gasteiger partial charge in [-0.3, -0.25) is 4.79 Å². The maximum Gasteiger partial charge on any atom is 0.416 e. The first-order chi connectivity index (χ1) is 11.4. The molecule has 0 spiro atoms. The van der Waals surface area contributed by atoms with E-state index in [1.807, 2.05) is 0 Å². The van der Waals surface area contributed by atoms with Crippen molar-refractivity contribution in [2.75, 3.05) is 5.32 Å². The number of aryl methyl sites for hydroxylation is 2. The molecule has 0 saturated heterocycles. The summed E-state index contributed by atoms with van der Waals surface area (Å²) in [5, 5.41) is 3.29. The number of hydrogen-bond donors (Lipinski definition) is 1. The minimum absolute atomic E-state index is 0.238. The van der Waals surface area contributed by atoms with Crippen LogP contribution in [0.3, 0.4) is 0 Å². The van der Waals surface area contributed by atoms with Gasteiger partial charge in [0.2, 0.25) is 0 Å². The summed E-state index contributed by atoms with van der Waals surface area (Å²) < 4.78 is 38.8. The standard InChI is InChI=1S/C17H13F3N2OS/c18-17(19,20)9-5-6-12-10(7-9)11(16(23)22-12)8-15-21-13-3-1-2-4-14(13)24-15/h5-8H,1-4H2,(H,22,23). The third-order valence-corrected chi connectivity index (χ3v) is 5.36. The average Bonchev–Trinajstić information content (AvgIpc) is 3.07. The van der Waals surface area contributed by atoms with Crippen molar-refractivity contribution >= 4 is 34.6 Å². The van der Waals surface area contributed by atoms with Crippen LogP contribution >= 0.6 is 11.3 Å². The number of hydrogen-bond acceptors (Lipinski definition) is 3. The Morgan fingerprint density at radius 3 is 2.75 bits per heavy atom. The van der Waals surface area contributed by atoms with Gasteiger partial charge in [0.1, 0.15) is 5.01 Å². The van der Waals surface area contributed by atoms with Crippen molar-refractivity contribution in [3.63, 3.8) is 0 Å². The molecule has 1 aliphatic carbocycles. The Hall–Kier alpha value is -2.15. The van der Waals surface area contributed by atoms with Crippen LogP contribution in [0.2, 0.25) is 0 Å². The number of amides is 1. The Morgan fingerprint density at radius 2 is 2.00 bits per heavy atom. The normalized spacial score (nSPS) is 18.5. The van der Waals surface area contributed by atoms with Gasteiger partial charge in [0.15, 0.2) is 0 Å². The molecule has 2 heterocycles. The van der Waals surface area contributed by atoms with Crippen molar-refractivity contribution in [1.82, 2.24) is 4.98 Å². The quantitative estimate of drug-likeness (QED) is 0.768. The molecule has 1 N–H and O–H groups in total. The maximum atomic E-state index is 12.9. The SMILES string of the molecule is O=C1Nc2ccc(C(F)(F)F)cc2C1=Cc1nc2c(s1)CCCC2. The van der Waals surface area contributed by atoms with Crippen molar-refractivity contribution < 1.29 is 18.0 Å². The maximum absolute atomic E-state index is 12.9. The van der Waals surface area contributed by atoms with Crippen LogP contribution in [0.5, 0.6) is 0 Å². The highest BCUT2D eigenvalue weighted by atomic mass is 32.1. The smallest absolute Gasteiger partial charge is 0.321 e. The largest absolute Gasteiger partial charge is 0.416 e. The number of rotatable bonds is 1. The highest BCUT2D eigenvalue weighted by molar-refractivity contribution is 7.12. The molecular weight excluding hydrogens is 337 g/mol. The van der Waals surface area contributed by atoms with Crippen molar-refractivity contribution in [3.8, 4) is 0 Å². The van der Waals surface area contributed by atoms with E-state index >= 15 is 0 Å². The molecule has 0 atom stereocenters. The third-order valence-electron chi connectivity index (χ3n) is 4.26. The second-order valence-corrected chi connectivity index (χ2v) is 7.01. The topological polar surface area (TPSA) is 42.0 Å². The fourth-order valence-electron chi connectivity index (χ4n) is 3.06. The number of anilines is 1. The molecule has 7 heteroatoms. The summed E-state index contributed by atoms with van der Waals surface area (Å²) in [5.74, 6) is -0.391. The zero-order valence-corrected chi connectivity index (χ0v) is 13.4. The number of aromatic nitrogens is 1. The second kappa shape index (κ2) is 5.44. The van der Waals surface area contributed by atoms with Gasteiger partial charge in [-0.05, 0) is 50.0 Å². The van der Waals surface area contributed by atoms with Crippen LogP contribution in [0.15, 0.2) is 18.2 Å². The first-order valence-corrected chi connectivity index (χ1v) is 8.47. The van der Waals surface area contributed by atoms with Gasteiger partial charge in [-0.1, -0.05) is 0 Å². The molecule has 2 aliphatic rings. The summed E-state index contributed by atoms with van der Waals surface area (Å²) in [6.07, 6.45) is 1.30. The number of fused-ring (bicyclic) bond motifs is 2. The molecule has 1 aromatic carbocycles. The van der Waals surface area contributed by atoms with E-state index in [9.17, 15) is 18.0 Å². The lowest BCUT2D eigenvalue weighted by molar-refractivity contribution is -0.137. The third kappa shape index (κ3) is 2.62. The van der Waals surface area contributed by atoms with Crippen LogP contribution in [0.1, 0.15) is 39.5 Å². The Morgan fingerprint density at radius 1 is 1.21 bits per heavy atom. The number of carbonyl (C=O) groups is 1. The van der Waals surface area contributed by atoms with Gasteiger partial charge < -0.3 is 5.32 Å². The van der Waals surface area contributed by atoms with E-state index in [1.54, 1.807) is 6.08 Å². The molecule has 0 fully saturated rings. The van der Waals surface area contributed by atoms with Crippen molar-refractivity contribution in [3.05, 3.63) is 44.9 Å². The van der Waals surface area contributed by atoms with E-state index < -0.39 is 17.6 Å². The molecule has 24 heavy (non-hydrogen) atoms. The molecule has 124 valence electrons. The summed E-state index contributed by atoms with van der Waals surface area (Å²) in [6, 6.07) is 3.29. The van der Waals surface area contributed by atoms with Gasteiger partial charge in [-0.25, -0.2) is 4.98 Å². The second-order valence-electron chi connectivity index (χ2n) is 5.90. The summed E-state index contributed by atoms with van der Waals surface area (Å²) in [6.45, 7) is 0. The van der Waals surface area contributed by atoms with Crippen LogP contribution in [-0.2, 0) is 23.8 Å². The Bertz CT molecular complexity index is 844. The van der Waals surface area contributed by atoms with Crippen LogP contribution in [-0.4, -0.2) is 10.9 Å². The molecular formula is C17H13F3N2OS. The molecule has 2 aromatic rings. The summed E-state index contributed by atoms with van der Waals surface area (Å²) in [5.41, 5.74) is 1.22. The summed E-state index contributed by atoms with van der Waals surface area (Å²) in [4.78, 5) is 17.9. The lowest BCUT2D eigenvalue weighted by atomic mass is 10.0. The number of halogens is 3. The Labute approximate surface area is 140 Å². The highest BCUT2D eigenvalue weighted by Crippen LogP contribution is 2.39. The van der Waals surface area contributed by atoms with Crippen molar-refractivity contribution in [2.45, 2.75) is 31.9 Å². The first-order valence-electron chi connectivity index (χ1n) is 7.65. The van der Waals surface area contributed by atoms with E-state index in [1.165, 1.54) is 22.3 Å². The average molecular weight is 350 g/mol. The van der Waals surface area contributed by atoms with E-state index in [4.69, 9.17) is 0 Å². The van der Waals surface area contributed by atoms with Gasteiger partial charge in [0.25, 0.3) is 5.91 Å². The van der Waals surface area contributed by atoms with Crippen LogP contribution < -0.4 is 5.32 Å².